The topological polar surface area (TPSA) is 118 Å². The number of alkyl carbamates (subject to hydrolysis) is 1. The Morgan fingerprint density at radius 1 is 1.24 bits per heavy atom. The van der Waals surface area contributed by atoms with Gasteiger partial charge in [-0.25, -0.2) is 18.7 Å². The van der Waals surface area contributed by atoms with Crippen LogP contribution >= 0.6 is 0 Å². The molecule has 37 heavy (non-hydrogen) atoms. The molecule has 0 unspecified atom stereocenters. The fourth-order valence-electron chi connectivity index (χ4n) is 4.45. The Hall–Kier alpha value is -3.42. The van der Waals surface area contributed by atoms with Crippen molar-refractivity contribution in [2.75, 3.05) is 5.32 Å². The maximum absolute atomic E-state index is 15.1. The Labute approximate surface area is 209 Å². The zero-order valence-corrected chi connectivity index (χ0v) is 20.2. The van der Waals surface area contributed by atoms with E-state index in [9.17, 15) is 18.0 Å². The molecule has 200 valence electrons. The minimum absolute atomic E-state index is 0.0941. The van der Waals surface area contributed by atoms with Crippen molar-refractivity contribution in [3.8, 4) is 0 Å². The molecule has 2 aliphatic rings. The molecule has 0 aliphatic heterocycles. The van der Waals surface area contributed by atoms with E-state index in [1.165, 1.54) is 10.6 Å². The van der Waals surface area contributed by atoms with Gasteiger partial charge in [0.2, 0.25) is 0 Å². The Balaban J connectivity index is 1.32. The van der Waals surface area contributed by atoms with Crippen LogP contribution in [0.5, 0.6) is 0 Å². The molecular formula is C23H27F4N7O3. The number of halogens is 4. The number of carbonyl (C=O) groups excluding carboxylic acids is 1. The average molecular weight is 526 g/mol. The number of nitrogens with zero attached hydrogens (tertiary/aromatic N) is 4. The summed E-state index contributed by atoms with van der Waals surface area (Å²) in [7, 11) is 0. The summed E-state index contributed by atoms with van der Waals surface area (Å²) in [5, 5.41) is 16.9. The molecule has 2 aliphatic carbocycles. The number of hydrogen-bond acceptors (Lipinski definition) is 7. The third-order valence-electron chi connectivity index (χ3n) is 6.31. The lowest BCUT2D eigenvalue weighted by Gasteiger charge is -2.18. The first-order chi connectivity index (χ1) is 17.6. The summed E-state index contributed by atoms with van der Waals surface area (Å²) in [5.41, 5.74) is 1.84. The summed E-state index contributed by atoms with van der Waals surface area (Å²) in [4.78, 5) is 16.5. The number of carbonyl (C=O) groups is 1. The van der Waals surface area contributed by atoms with E-state index in [2.05, 4.69) is 35.7 Å². The second kappa shape index (κ2) is 9.80. The highest BCUT2D eigenvalue weighted by Crippen LogP contribution is 2.41. The molecule has 3 aromatic rings. The normalized spacial score (nSPS) is 22.1. The van der Waals surface area contributed by atoms with Gasteiger partial charge in [0.1, 0.15) is 24.4 Å². The smallest absolute Gasteiger partial charge is 0.443 e. The molecule has 3 atom stereocenters. The summed E-state index contributed by atoms with van der Waals surface area (Å²) in [6, 6.07) is 3.00. The minimum atomic E-state index is -4.77. The predicted octanol–water partition coefficient (Wildman–Crippen LogP) is 4.83. The molecule has 3 N–H and O–H groups in total. The van der Waals surface area contributed by atoms with Crippen molar-refractivity contribution >= 4 is 23.2 Å². The van der Waals surface area contributed by atoms with E-state index in [0.717, 1.165) is 18.5 Å². The van der Waals surface area contributed by atoms with Crippen molar-refractivity contribution in [3.05, 3.63) is 35.4 Å². The molecule has 0 bridgehead atoms. The quantitative estimate of drug-likeness (QED) is 0.361. The molecule has 0 saturated heterocycles. The van der Waals surface area contributed by atoms with E-state index in [1.807, 2.05) is 0 Å². The lowest BCUT2D eigenvalue weighted by atomic mass is 10.0. The van der Waals surface area contributed by atoms with E-state index in [1.54, 1.807) is 26.1 Å². The van der Waals surface area contributed by atoms with Crippen molar-refractivity contribution in [3.63, 3.8) is 0 Å². The average Bonchev–Trinajstić information content (AvgIpc) is 3.25. The Kier molecular flexibility index (Phi) is 6.68. The monoisotopic (exact) mass is 525 g/mol. The SMILES string of the molecule is CC(C)NC(=O)O[C@H]1CC[C@@H](c2cc(Nc3nc(C4CC4)cn4nc(COC(F)(F)F)cc34)n[nH]2)[C@@H]1F. The van der Waals surface area contributed by atoms with Gasteiger partial charge in [-0.2, -0.15) is 10.2 Å². The number of hydrogen-bond donors (Lipinski definition) is 3. The highest BCUT2D eigenvalue weighted by molar-refractivity contribution is 5.73. The fraction of sp³-hybridized carbons (Fsp3) is 0.565. The molecule has 1 amide bonds. The van der Waals surface area contributed by atoms with Gasteiger partial charge in [-0.15, -0.1) is 13.2 Å². The summed E-state index contributed by atoms with van der Waals surface area (Å²) in [5.74, 6) is 0.449. The van der Waals surface area contributed by atoms with Crippen LogP contribution in [0.15, 0.2) is 18.3 Å². The number of rotatable bonds is 8. The first-order valence-electron chi connectivity index (χ1n) is 12.1. The Morgan fingerprint density at radius 3 is 2.73 bits per heavy atom. The maximum atomic E-state index is 15.1. The van der Waals surface area contributed by atoms with Gasteiger partial charge in [0.15, 0.2) is 11.6 Å². The third-order valence-corrected chi connectivity index (χ3v) is 6.31. The molecule has 2 fully saturated rings. The number of nitrogens with one attached hydrogen (secondary N) is 3. The molecular weight excluding hydrogens is 498 g/mol. The molecule has 5 rings (SSSR count). The van der Waals surface area contributed by atoms with Crippen LogP contribution in [-0.2, 0) is 16.1 Å². The first kappa shape index (κ1) is 25.2. The van der Waals surface area contributed by atoms with Crippen LogP contribution in [0.25, 0.3) is 5.52 Å². The van der Waals surface area contributed by atoms with E-state index in [4.69, 9.17) is 4.74 Å². The van der Waals surface area contributed by atoms with Crippen LogP contribution in [-0.4, -0.2) is 55.6 Å². The van der Waals surface area contributed by atoms with Gasteiger partial charge in [-0.05, 0) is 45.6 Å². The highest BCUT2D eigenvalue weighted by atomic mass is 19.4. The van der Waals surface area contributed by atoms with Crippen LogP contribution < -0.4 is 10.6 Å². The largest absolute Gasteiger partial charge is 0.522 e. The third kappa shape index (κ3) is 5.95. The summed E-state index contributed by atoms with van der Waals surface area (Å²) in [6.07, 6.45) is -3.20. The number of alkyl halides is 4. The number of aromatic nitrogens is 5. The molecule has 10 nitrogen and oxygen atoms in total. The van der Waals surface area contributed by atoms with Crippen molar-refractivity contribution in [2.45, 2.75) is 82.7 Å². The van der Waals surface area contributed by atoms with Crippen LogP contribution in [0.2, 0.25) is 0 Å². The number of amides is 1. The number of fused-ring (bicyclic) bond motifs is 1. The first-order valence-corrected chi connectivity index (χ1v) is 12.1. The number of anilines is 2. The fourth-order valence-corrected chi connectivity index (χ4v) is 4.45. The number of H-pyrrole nitrogens is 1. The summed E-state index contributed by atoms with van der Waals surface area (Å²) < 4.78 is 63.2. The minimum Gasteiger partial charge on any atom is -0.443 e. The lowest BCUT2D eigenvalue weighted by molar-refractivity contribution is -0.330. The zero-order valence-electron chi connectivity index (χ0n) is 20.2. The highest BCUT2D eigenvalue weighted by Gasteiger charge is 2.41. The molecule has 3 aromatic heterocycles. The lowest BCUT2D eigenvalue weighted by Crippen LogP contribution is -2.36. The van der Waals surface area contributed by atoms with E-state index in [-0.39, 0.29) is 17.7 Å². The molecule has 2 saturated carbocycles. The van der Waals surface area contributed by atoms with Gasteiger partial charge in [0.25, 0.3) is 0 Å². The number of ether oxygens (including phenoxy) is 2. The second-order valence-corrected chi connectivity index (χ2v) is 9.69. The van der Waals surface area contributed by atoms with Gasteiger partial charge in [-0.3, -0.25) is 9.84 Å². The van der Waals surface area contributed by atoms with Gasteiger partial charge in [-0.1, -0.05) is 0 Å². The van der Waals surface area contributed by atoms with Crippen LogP contribution in [0.1, 0.15) is 68.4 Å². The van der Waals surface area contributed by atoms with E-state index in [0.29, 0.717) is 35.7 Å². The van der Waals surface area contributed by atoms with Crippen LogP contribution in [0.4, 0.5) is 34.0 Å². The van der Waals surface area contributed by atoms with E-state index < -0.39 is 37.3 Å². The van der Waals surface area contributed by atoms with Crippen molar-refractivity contribution in [2.24, 2.45) is 0 Å². The molecule has 3 heterocycles. The van der Waals surface area contributed by atoms with Gasteiger partial charge >= 0.3 is 12.5 Å². The standard InChI is InChI=1S/C23H27F4N7O3/c1-11(2)28-22(35)37-18-6-5-14(20(18)24)15-8-19(32-31-15)30-21-17-7-13(10-36-23(25,26)27)33-34(17)9-16(29-21)12-3-4-12/h7-9,11-12,14,18,20H,3-6,10H2,1-2H3,(H,28,35)(H2,29,30,31,32)/t14-,18-,20-/m0/s1. The Morgan fingerprint density at radius 2 is 2.03 bits per heavy atom. The summed E-state index contributed by atoms with van der Waals surface area (Å²) in [6.45, 7) is 2.84. The molecule has 0 radical (unpaired) electrons. The second-order valence-electron chi connectivity index (χ2n) is 9.69. The zero-order chi connectivity index (χ0) is 26.3. The van der Waals surface area contributed by atoms with Crippen LogP contribution in [0, 0.1) is 0 Å². The maximum Gasteiger partial charge on any atom is 0.522 e. The summed E-state index contributed by atoms with van der Waals surface area (Å²) >= 11 is 0. The molecule has 0 aromatic carbocycles. The van der Waals surface area contributed by atoms with Gasteiger partial charge < -0.3 is 15.4 Å². The molecule has 0 spiro atoms. The van der Waals surface area contributed by atoms with Crippen molar-refractivity contribution in [1.29, 1.82) is 0 Å². The number of aromatic amines is 1. The van der Waals surface area contributed by atoms with Crippen molar-refractivity contribution in [1.82, 2.24) is 30.1 Å². The van der Waals surface area contributed by atoms with Gasteiger partial charge in [0.05, 0.1) is 17.6 Å². The predicted molar refractivity (Wildman–Crippen MR) is 123 cm³/mol. The Bertz CT molecular complexity index is 1270. The molecule has 14 heteroatoms. The van der Waals surface area contributed by atoms with Crippen molar-refractivity contribution < 1.29 is 31.8 Å². The van der Waals surface area contributed by atoms with E-state index >= 15 is 4.39 Å². The van der Waals surface area contributed by atoms with Crippen LogP contribution in [0.3, 0.4) is 0 Å². The van der Waals surface area contributed by atoms with Gasteiger partial charge in [0, 0.05) is 29.6 Å².